The third-order valence-corrected chi connectivity index (χ3v) is 2.71. The summed E-state index contributed by atoms with van der Waals surface area (Å²) < 4.78 is 4.94. The van der Waals surface area contributed by atoms with Crippen LogP contribution in [0.3, 0.4) is 0 Å². The lowest BCUT2D eigenvalue weighted by molar-refractivity contribution is -0.141. The summed E-state index contributed by atoms with van der Waals surface area (Å²) in [4.78, 5) is 28.7. The molecule has 0 saturated carbocycles. The lowest BCUT2D eigenvalue weighted by Crippen LogP contribution is -2.29. The van der Waals surface area contributed by atoms with Crippen LogP contribution in [0.15, 0.2) is 11.1 Å². The van der Waals surface area contributed by atoms with Gasteiger partial charge in [0.15, 0.2) is 0 Å². The minimum absolute atomic E-state index is 0.245. The molecule has 1 aromatic heterocycles. The molecule has 15 heavy (non-hydrogen) atoms. The van der Waals surface area contributed by atoms with E-state index in [0.29, 0.717) is 9.39 Å². The highest BCUT2D eigenvalue weighted by molar-refractivity contribution is 14.1. The van der Waals surface area contributed by atoms with Gasteiger partial charge in [0.2, 0.25) is 0 Å². The Morgan fingerprint density at radius 3 is 3.00 bits per heavy atom. The van der Waals surface area contributed by atoms with E-state index in [1.165, 1.54) is 13.4 Å². The monoisotopic (exact) mass is 323 g/mol. The van der Waals surface area contributed by atoms with Gasteiger partial charge in [-0.05, 0) is 29.5 Å². The van der Waals surface area contributed by atoms with Crippen molar-refractivity contribution in [2.24, 2.45) is 0 Å². The van der Waals surface area contributed by atoms with Crippen molar-refractivity contribution >= 4 is 34.4 Å². The van der Waals surface area contributed by atoms with Crippen molar-refractivity contribution in [1.82, 2.24) is 9.97 Å². The van der Waals surface area contributed by atoms with Gasteiger partial charge in [-0.1, -0.05) is 0 Å². The predicted molar refractivity (Wildman–Crippen MR) is 62.7 cm³/mol. The highest BCUT2D eigenvalue weighted by Gasteiger charge is 2.15. The second kappa shape index (κ2) is 5.10. The highest BCUT2D eigenvalue weighted by Crippen LogP contribution is 2.10. The van der Waals surface area contributed by atoms with Crippen molar-refractivity contribution in [2.45, 2.75) is 13.0 Å². The van der Waals surface area contributed by atoms with E-state index in [1.807, 2.05) is 22.6 Å². The molecule has 1 aromatic rings. The summed E-state index contributed by atoms with van der Waals surface area (Å²) in [5, 5.41) is 2.79. The van der Waals surface area contributed by atoms with Crippen molar-refractivity contribution in [2.75, 3.05) is 12.4 Å². The zero-order valence-electron chi connectivity index (χ0n) is 8.20. The first-order valence-electron chi connectivity index (χ1n) is 4.13. The number of anilines is 1. The van der Waals surface area contributed by atoms with Gasteiger partial charge in [0.25, 0.3) is 5.56 Å². The quantitative estimate of drug-likeness (QED) is 0.619. The summed E-state index contributed by atoms with van der Waals surface area (Å²) in [6.07, 6.45) is 1.27. The van der Waals surface area contributed by atoms with Crippen molar-refractivity contribution in [1.29, 1.82) is 0 Å². The number of H-pyrrole nitrogens is 1. The number of aromatic nitrogens is 2. The third kappa shape index (κ3) is 2.91. The first kappa shape index (κ1) is 12.0. The molecular formula is C8H10IN3O3. The number of esters is 1. The number of halogens is 1. The molecule has 1 heterocycles. The maximum atomic E-state index is 11.2. The van der Waals surface area contributed by atoms with Crippen LogP contribution in [-0.2, 0) is 9.53 Å². The van der Waals surface area contributed by atoms with Gasteiger partial charge < -0.3 is 15.0 Å². The molecule has 1 unspecified atom stereocenters. The van der Waals surface area contributed by atoms with Gasteiger partial charge in [-0.15, -0.1) is 0 Å². The van der Waals surface area contributed by atoms with Gasteiger partial charge in [0, 0.05) is 0 Å². The Labute approximate surface area is 99.6 Å². The molecule has 0 aliphatic rings. The fraction of sp³-hybridized carbons (Fsp3) is 0.375. The van der Waals surface area contributed by atoms with Crippen molar-refractivity contribution in [3.05, 3.63) is 20.3 Å². The number of nitrogens with one attached hydrogen (secondary N) is 2. The Kier molecular flexibility index (Phi) is 4.06. The number of hydrogen-bond donors (Lipinski definition) is 2. The van der Waals surface area contributed by atoms with E-state index in [9.17, 15) is 9.59 Å². The van der Waals surface area contributed by atoms with Crippen LogP contribution in [0.1, 0.15) is 6.92 Å². The smallest absolute Gasteiger partial charge is 0.328 e. The lowest BCUT2D eigenvalue weighted by Gasteiger charge is -2.12. The molecule has 0 radical (unpaired) electrons. The van der Waals surface area contributed by atoms with Crippen molar-refractivity contribution in [3.63, 3.8) is 0 Å². The fourth-order valence-electron chi connectivity index (χ4n) is 0.924. The molecule has 82 valence electrons. The van der Waals surface area contributed by atoms with E-state index >= 15 is 0 Å². The minimum Gasteiger partial charge on any atom is -0.467 e. The van der Waals surface area contributed by atoms with E-state index in [4.69, 9.17) is 0 Å². The zero-order valence-corrected chi connectivity index (χ0v) is 10.4. The second-order valence-corrected chi connectivity index (χ2v) is 3.86. The van der Waals surface area contributed by atoms with Crippen LogP contribution < -0.4 is 10.9 Å². The summed E-state index contributed by atoms with van der Waals surface area (Å²) in [6.45, 7) is 1.63. The molecule has 0 bridgehead atoms. The van der Waals surface area contributed by atoms with Crippen LogP contribution in [0.25, 0.3) is 0 Å². The Hall–Kier alpha value is -1.12. The van der Waals surface area contributed by atoms with Crippen LogP contribution in [0.4, 0.5) is 5.82 Å². The average molecular weight is 323 g/mol. The molecule has 0 aromatic carbocycles. The van der Waals surface area contributed by atoms with E-state index in [2.05, 4.69) is 20.0 Å². The van der Waals surface area contributed by atoms with Crippen LogP contribution >= 0.6 is 22.6 Å². The molecule has 6 nitrogen and oxygen atoms in total. The summed E-state index contributed by atoms with van der Waals surface area (Å²) in [5.41, 5.74) is -0.245. The van der Waals surface area contributed by atoms with Gasteiger partial charge >= 0.3 is 5.97 Å². The number of carbonyl (C=O) groups is 1. The zero-order chi connectivity index (χ0) is 11.4. The van der Waals surface area contributed by atoms with Crippen LogP contribution in [0, 0.1) is 3.57 Å². The highest BCUT2D eigenvalue weighted by atomic mass is 127. The number of ether oxygens (including phenoxy) is 1. The predicted octanol–water partition coefficient (Wildman–Crippen LogP) is 0.348. The summed E-state index contributed by atoms with van der Waals surface area (Å²) in [6, 6.07) is -0.544. The second-order valence-electron chi connectivity index (χ2n) is 2.78. The first-order chi connectivity index (χ1) is 7.06. The Morgan fingerprint density at radius 2 is 2.40 bits per heavy atom. The first-order valence-corrected chi connectivity index (χ1v) is 5.21. The third-order valence-electron chi connectivity index (χ3n) is 1.70. The van der Waals surface area contributed by atoms with Gasteiger partial charge in [0.05, 0.1) is 13.4 Å². The van der Waals surface area contributed by atoms with E-state index in [1.54, 1.807) is 6.92 Å². The number of rotatable bonds is 3. The minimum atomic E-state index is -0.544. The number of carbonyl (C=O) groups excluding carboxylic acids is 1. The van der Waals surface area contributed by atoms with Crippen molar-refractivity contribution < 1.29 is 9.53 Å². The Morgan fingerprint density at radius 1 is 1.73 bits per heavy atom. The number of aromatic amines is 1. The molecule has 0 saturated heterocycles. The molecule has 0 amide bonds. The average Bonchev–Trinajstić information content (AvgIpc) is 2.23. The molecule has 0 spiro atoms. The van der Waals surface area contributed by atoms with Gasteiger partial charge in [-0.25, -0.2) is 9.78 Å². The number of methoxy groups -OCH3 is 1. The number of hydrogen-bond acceptors (Lipinski definition) is 5. The summed E-state index contributed by atoms with van der Waals surface area (Å²) >= 11 is 1.85. The normalized spacial score (nSPS) is 11.9. The van der Waals surface area contributed by atoms with Crippen LogP contribution in [0.5, 0.6) is 0 Å². The summed E-state index contributed by atoms with van der Waals surface area (Å²) in [7, 11) is 1.30. The largest absolute Gasteiger partial charge is 0.467 e. The SMILES string of the molecule is COC(=O)C(C)Nc1nc[nH]c(=O)c1I. The molecular weight excluding hydrogens is 313 g/mol. The van der Waals surface area contributed by atoms with Crippen LogP contribution in [0.2, 0.25) is 0 Å². The molecule has 0 aliphatic heterocycles. The van der Waals surface area contributed by atoms with E-state index < -0.39 is 12.0 Å². The van der Waals surface area contributed by atoms with E-state index in [-0.39, 0.29) is 5.56 Å². The lowest BCUT2D eigenvalue weighted by atomic mass is 10.3. The number of nitrogens with zero attached hydrogens (tertiary/aromatic N) is 1. The molecule has 0 aliphatic carbocycles. The fourth-order valence-corrected chi connectivity index (χ4v) is 1.38. The molecule has 0 fully saturated rings. The topological polar surface area (TPSA) is 84.1 Å². The standard InChI is InChI=1S/C8H10IN3O3/c1-4(8(14)15-2)12-6-5(9)7(13)11-3-10-6/h3-4H,1-2H3,(H2,10,11,12,13). The molecule has 2 N–H and O–H groups in total. The van der Waals surface area contributed by atoms with E-state index in [0.717, 1.165) is 0 Å². The van der Waals surface area contributed by atoms with Gasteiger partial charge in [0.1, 0.15) is 15.4 Å². The maximum Gasteiger partial charge on any atom is 0.328 e. The maximum absolute atomic E-state index is 11.2. The molecule has 1 atom stereocenters. The van der Waals surface area contributed by atoms with Crippen LogP contribution in [-0.4, -0.2) is 29.1 Å². The Bertz CT molecular complexity index is 418. The van der Waals surface area contributed by atoms with Gasteiger partial charge in [-0.3, -0.25) is 4.79 Å². The molecule has 1 rings (SSSR count). The Balaban J connectivity index is 2.86. The molecule has 7 heteroatoms. The van der Waals surface area contributed by atoms with Gasteiger partial charge in [-0.2, -0.15) is 0 Å². The van der Waals surface area contributed by atoms with Crippen molar-refractivity contribution in [3.8, 4) is 0 Å². The summed E-state index contributed by atoms with van der Waals surface area (Å²) in [5.74, 6) is -0.0369.